The van der Waals surface area contributed by atoms with Gasteiger partial charge < -0.3 is 9.67 Å². The molecule has 1 heterocycles. The maximum absolute atomic E-state index is 14.5. The van der Waals surface area contributed by atoms with Crippen LogP contribution in [0.2, 0.25) is 5.02 Å². The van der Waals surface area contributed by atoms with Gasteiger partial charge in [-0.25, -0.2) is 12.8 Å². The van der Waals surface area contributed by atoms with Crippen molar-refractivity contribution in [3.63, 3.8) is 0 Å². The van der Waals surface area contributed by atoms with E-state index in [1.165, 1.54) is 6.07 Å². The summed E-state index contributed by atoms with van der Waals surface area (Å²) in [6, 6.07) is 9.37. The van der Waals surface area contributed by atoms with Crippen molar-refractivity contribution >= 4 is 38.3 Å². The Morgan fingerprint density at radius 2 is 2.06 bits per heavy atom. The van der Waals surface area contributed by atoms with Crippen molar-refractivity contribution in [2.24, 2.45) is 0 Å². The Hall–Kier alpha value is -2.38. The van der Waals surface area contributed by atoms with Gasteiger partial charge in [-0.15, -0.1) is 0 Å². The highest BCUT2D eigenvalue weighted by Crippen LogP contribution is 2.45. The number of fused-ring (bicyclic) bond motifs is 3. The fourth-order valence-corrected chi connectivity index (χ4v) is 5.92. The smallest absolute Gasteiger partial charge is 0.304 e. The summed E-state index contributed by atoms with van der Waals surface area (Å²) in [6.45, 7) is 1.92. The minimum absolute atomic E-state index is 0.0672. The Morgan fingerprint density at radius 3 is 2.71 bits per heavy atom. The Morgan fingerprint density at radius 1 is 1.32 bits per heavy atom. The third-order valence-corrected chi connectivity index (χ3v) is 7.42. The maximum Gasteiger partial charge on any atom is 0.304 e. The number of aliphatic carboxylic acids is 1. The van der Waals surface area contributed by atoms with Crippen molar-refractivity contribution in [3.8, 4) is 0 Å². The molecule has 2 atom stereocenters. The van der Waals surface area contributed by atoms with Crippen molar-refractivity contribution < 1.29 is 22.7 Å². The topological polar surface area (TPSA) is 76.4 Å². The largest absolute Gasteiger partial charge is 0.481 e. The zero-order valence-electron chi connectivity index (χ0n) is 17.2. The Labute approximate surface area is 185 Å². The molecule has 0 saturated heterocycles. The third-order valence-electron chi connectivity index (χ3n) is 6.08. The van der Waals surface area contributed by atoms with Crippen LogP contribution < -0.4 is 0 Å². The molecule has 1 aromatic heterocycles. The van der Waals surface area contributed by atoms with E-state index in [-0.39, 0.29) is 23.3 Å². The lowest BCUT2D eigenvalue weighted by Gasteiger charge is -2.28. The second kappa shape index (κ2) is 7.95. The average Bonchev–Trinajstić information content (AvgIpc) is 3.01. The molecule has 0 aliphatic heterocycles. The zero-order valence-corrected chi connectivity index (χ0v) is 18.8. The molecule has 164 valence electrons. The molecule has 0 amide bonds. The number of halogens is 2. The van der Waals surface area contributed by atoms with E-state index >= 15 is 0 Å². The number of aryl methyl sites for hydroxylation is 1. The first kappa shape index (κ1) is 21.8. The summed E-state index contributed by atoms with van der Waals surface area (Å²) in [5, 5.41) is 10.6. The quantitative estimate of drug-likeness (QED) is 0.554. The summed E-state index contributed by atoms with van der Waals surface area (Å²) in [4.78, 5) is 11.5. The lowest BCUT2D eigenvalue weighted by Crippen LogP contribution is -2.20. The van der Waals surface area contributed by atoms with Gasteiger partial charge in [-0.1, -0.05) is 23.7 Å². The molecule has 0 spiro atoms. The van der Waals surface area contributed by atoms with Crippen LogP contribution in [0.25, 0.3) is 10.9 Å². The highest BCUT2D eigenvalue weighted by atomic mass is 35.5. The van der Waals surface area contributed by atoms with Gasteiger partial charge in [-0.3, -0.25) is 4.79 Å². The third kappa shape index (κ3) is 3.96. The molecule has 1 aliphatic rings. The first-order valence-electron chi connectivity index (χ1n) is 10.1. The minimum Gasteiger partial charge on any atom is -0.481 e. The molecule has 2 aromatic carbocycles. The van der Waals surface area contributed by atoms with Crippen LogP contribution in [0.1, 0.15) is 55.0 Å². The monoisotopic (exact) mass is 463 g/mol. The molecular weight excluding hydrogens is 441 g/mol. The van der Waals surface area contributed by atoms with E-state index in [1.807, 2.05) is 29.7 Å². The number of carbonyl (C=O) groups is 1. The lowest BCUT2D eigenvalue weighted by molar-refractivity contribution is -0.137. The zero-order chi connectivity index (χ0) is 22.5. The predicted octanol–water partition coefficient (Wildman–Crippen LogP) is 5.34. The number of hydrogen-bond acceptors (Lipinski definition) is 3. The standard InChI is InChI=1S/C23H23ClFNO4S/c1-13(14-5-3-7-16(24)9-14)26-22-15(10-21(27)28)6-4-8-18(22)19-11-17(25)12-20(23(19)26)31(2,29)30/h3,5,7,9,11-13,15H,4,6,8,10H2,1-2H3,(H,27,28)/t13-,15?/m0/s1. The van der Waals surface area contributed by atoms with Gasteiger partial charge in [-0.05, 0) is 61.6 Å². The van der Waals surface area contributed by atoms with Gasteiger partial charge in [0.1, 0.15) is 5.82 Å². The second-order valence-electron chi connectivity index (χ2n) is 8.22. The number of rotatable bonds is 5. The van der Waals surface area contributed by atoms with Crippen LogP contribution in [0.15, 0.2) is 41.3 Å². The average molecular weight is 464 g/mol. The predicted molar refractivity (Wildman–Crippen MR) is 118 cm³/mol. The first-order valence-corrected chi connectivity index (χ1v) is 12.4. The highest BCUT2D eigenvalue weighted by molar-refractivity contribution is 7.91. The molecule has 5 nitrogen and oxygen atoms in total. The summed E-state index contributed by atoms with van der Waals surface area (Å²) >= 11 is 6.20. The van der Waals surface area contributed by atoms with Gasteiger partial charge in [-0.2, -0.15) is 0 Å². The van der Waals surface area contributed by atoms with Crippen LogP contribution in [0.3, 0.4) is 0 Å². The number of sulfone groups is 1. The van der Waals surface area contributed by atoms with Gasteiger partial charge in [0.05, 0.1) is 22.9 Å². The van der Waals surface area contributed by atoms with Gasteiger partial charge >= 0.3 is 5.97 Å². The molecule has 4 rings (SSSR count). The number of aromatic nitrogens is 1. The summed E-state index contributed by atoms with van der Waals surface area (Å²) < 4.78 is 41.7. The van der Waals surface area contributed by atoms with Crippen LogP contribution in [0, 0.1) is 5.82 Å². The molecule has 0 radical (unpaired) electrons. The fourth-order valence-electron chi connectivity index (χ4n) is 4.83. The fraction of sp³-hybridized carbons (Fsp3) is 0.348. The number of carboxylic acids is 1. The Balaban J connectivity index is 2.12. The molecule has 0 saturated carbocycles. The lowest BCUT2D eigenvalue weighted by atomic mass is 9.84. The molecule has 3 aromatic rings. The Kier molecular flexibility index (Phi) is 5.60. The number of benzene rings is 2. The second-order valence-corrected chi connectivity index (χ2v) is 10.6. The molecule has 1 aliphatic carbocycles. The van der Waals surface area contributed by atoms with Crippen LogP contribution in [0.5, 0.6) is 0 Å². The summed E-state index contributed by atoms with van der Waals surface area (Å²) in [7, 11) is -3.74. The van der Waals surface area contributed by atoms with E-state index in [0.29, 0.717) is 28.8 Å². The normalized spacial score (nSPS) is 17.5. The van der Waals surface area contributed by atoms with E-state index in [0.717, 1.165) is 35.6 Å². The number of nitrogens with zero attached hydrogens (tertiary/aromatic N) is 1. The summed E-state index contributed by atoms with van der Waals surface area (Å²) in [5.41, 5.74) is 2.91. The van der Waals surface area contributed by atoms with E-state index < -0.39 is 21.6 Å². The van der Waals surface area contributed by atoms with Crippen molar-refractivity contribution in [1.82, 2.24) is 4.57 Å². The van der Waals surface area contributed by atoms with Crippen LogP contribution in [0.4, 0.5) is 4.39 Å². The SMILES string of the molecule is C[C@@H](c1cccc(Cl)c1)n1c2c(c3cc(F)cc(S(C)(=O)=O)c31)CCCC2CC(=O)O. The van der Waals surface area contributed by atoms with Crippen LogP contribution in [-0.2, 0) is 21.1 Å². The minimum atomic E-state index is -3.74. The molecule has 0 fully saturated rings. The maximum atomic E-state index is 14.5. The van der Waals surface area contributed by atoms with Crippen molar-refractivity contribution in [3.05, 3.63) is 64.1 Å². The van der Waals surface area contributed by atoms with Crippen molar-refractivity contribution in [1.29, 1.82) is 0 Å². The first-order chi connectivity index (χ1) is 14.6. The van der Waals surface area contributed by atoms with Crippen LogP contribution in [-0.4, -0.2) is 30.3 Å². The van der Waals surface area contributed by atoms with Crippen molar-refractivity contribution in [2.75, 3.05) is 6.26 Å². The van der Waals surface area contributed by atoms with E-state index in [9.17, 15) is 22.7 Å². The van der Waals surface area contributed by atoms with Crippen molar-refractivity contribution in [2.45, 2.75) is 49.5 Å². The van der Waals surface area contributed by atoms with Crippen LogP contribution >= 0.6 is 11.6 Å². The number of hydrogen-bond donors (Lipinski definition) is 1. The van der Waals surface area contributed by atoms with Gasteiger partial charge in [0.2, 0.25) is 0 Å². The Bertz CT molecular complexity index is 1300. The molecule has 1 N–H and O–H groups in total. The van der Waals surface area contributed by atoms with E-state index in [4.69, 9.17) is 11.6 Å². The van der Waals surface area contributed by atoms with Gasteiger partial charge in [0.25, 0.3) is 0 Å². The molecular formula is C23H23ClFNO4S. The molecule has 1 unspecified atom stereocenters. The molecule has 31 heavy (non-hydrogen) atoms. The van der Waals surface area contributed by atoms with E-state index in [2.05, 4.69) is 0 Å². The summed E-state index contributed by atoms with van der Waals surface area (Å²) in [6.07, 6.45) is 3.08. The molecule has 8 heteroatoms. The summed E-state index contributed by atoms with van der Waals surface area (Å²) in [5.74, 6) is -1.83. The van der Waals surface area contributed by atoms with Gasteiger partial charge in [0.15, 0.2) is 9.84 Å². The van der Waals surface area contributed by atoms with Gasteiger partial charge in [0, 0.05) is 28.3 Å². The molecule has 0 bridgehead atoms. The highest BCUT2D eigenvalue weighted by Gasteiger charge is 2.33. The number of carboxylic acid groups (broad SMARTS) is 1. The van der Waals surface area contributed by atoms with E-state index in [1.54, 1.807) is 6.07 Å².